The smallest absolute Gasteiger partial charge is 0.277 e. The molecule has 6 nitrogen and oxygen atoms in total. The molecule has 0 amide bonds. The SMILES string of the molecule is COCCn1c(C)cc(C(=O)CSc2nnc(-c3cc4c(s3)CC[C@H](C)C4)o2)c1C. The van der Waals surface area contributed by atoms with Gasteiger partial charge in [0.2, 0.25) is 0 Å². The van der Waals surface area contributed by atoms with E-state index in [2.05, 4.69) is 27.8 Å². The standard InChI is InChI=1S/C22H27N3O3S2/c1-13-5-6-19-16(9-13)11-20(30-19)21-23-24-22(28-21)29-12-18(26)17-10-14(2)25(15(17)3)7-8-27-4/h10-11,13H,5-9,12H2,1-4H3/t13-/m0/s1. The monoisotopic (exact) mass is 445 g/mol. The van der Waals surface area contributed by atoms with Gasteiger partial charge in [0.1, 0.15) is 0 Å². The van der Waals surface area contributed by atoms with Crippen LogP contribution >= 0.6 is 23.1 Å². The Morgan fingerprint density at radius 1 is 1.37 bits per heavy atom. The van der Waals surface area contributed by atoms with Gasteiger partial charge in [-0.25, -0.2) is 0 Å². The normalized spacial score (nSPS) is 16.1. The minimum absolute atomic E-state index is 0.0668. The second kappa shape index (κ2) is 9.08. The Hall–Kier alpha value is -1.90. The van der Waals surface area contributed by atoms with E-state index in [-0.39, 0.29) is 11.5 Å². The van der Waals surface area contributed by atoms with Gasteiger partial charge < -0.3 is 13.7 Å². The zero-order valence-corrected chi connectivity index (χ0v) is 19.5. The number of fused-ring (bicyclic) bond motifs is 1. The summed E-state index contributed by atoms with van der Waals surface area (Å²) in [5.41, 5.74) is 4.20. The summed E-state index contributed by atoms with van der Waals surface area (Å²) in [6.07, 6.45) is 3.50. The van der Waals surface area contributed by atoms with E-state index in [1.807, 2.05) is 19.9 Å². The van der Waals surface area contributed by atoms with Crippen LogP contribution in [0.4, 0.5) is 0 Å². The van der Waals surface area contributed by atoms with Crippen LogP contribution in [0.25, 0.3) is 10.8 Å². The van der Waals surface area contributed by atoms with Crippen molar-refractivity contribution in [3.05, 3.63) is 39.5 Å². The number of aromatic nitrogens is 3. The Morgan fingerprint density at radius 3 is 3.00 bits per heavy atom. The lowest BCUT2D eigenvalue weighted by molar-refractivity contribution is 0.102. The van der Waals surface area contributed by atoms with Crippen molar-refractivity contribution in [2.45, 2.75) is 51.8 Å². The van der Waals surface area contributed by atoms with Crippen molar-refractivity contribution in [3.63, 3.8) is 0 Å². The maximum absolute atomic E-state index is 12.8. The Kier molecular flexibility index (Phi) is 6.46. The van der Waals surface area contributed by atoms with E-state index in [0.717, 1.165) is 47.1 Å². The van der Waals surface area contributed by atoms with Gasteiger partial charge in [0.25, 0.3) is 11.1 Å². The number of hydrogen-bond acceptors (Lipinski definition) is 7. The van der Waals surface area contributed by atoms with Gasteiger partial charge in [0.15, 0.2) is 5.78 Å². The van der Waals surface area contributed by atoms with Crippen LogP contribution in [0.1, 0.15) is 45.5 Å². The third-order valence-electron chi connectivity index (χ3n) is 5.67. The highest BCUT2D eigenvalue weighted by molar-refractivity contribution is 7.99. The van der Waals surface area contributed by atoms with Crippen molar-refractivity contribution in [1.82, 2.24) is 14.8 Å². The highest BCUT2D eigenvalue weighted by Crippen LogP contribution is 2.37. The molecular formula is C22H27N3O3S2. The predicted octanol–water partition coefficient (Wildman–Crippen LogP) is 4.96. The number of rotatable bonds is 8. The first-order valence-electron chi connectivity index (χ1n) is 10.2. The predicted molar refractivity (Wildman–Crippen MR) is 120 cm³/mol. The number of thiophene rings is 1. The van der Waals surface area contributed by atoms with E-state index in [4.69, 9.17) is 9.15 Å². The number of methoxy groups -OCH3 is 1. The third kappa shape index (κ3) is 4.40. The first-order chi connectivity index (χ1) is 14.5. The molecule has 8 heteroatoms. The maximum Gasteiger partial charge on any atom is 0.277 e. The van der Waals surface area contributed by atoms with Gasteiger partial charge in [0, 0.05) is 35.5 Å². The Labute approximate surface area is 185 Å². The second-order valence-corrected chi connectivity index (χ2v) is 9.98. The zero-order chi connectivity index (χ0) is 21.3. The Bertz CT molecular complexity index is 1050. The molecule has 1 aliphatic carbocycles. The average molecular weight is 446 g/mol. The third-order valence-corrected chi connectivity index (χ3v) is 7.71. The fourth-order valence-electron chi connectivity index (χ4n) is 3.99. The molecule has 0 spiro atoms. The van der Waals surface area contributed by atoms with Crippen molar-refractivity contribution < 1.29 is 13.9 Å². The summed E-state index contributed by atoms with van der Waals surface area (Å²) in [7, 11) is 1.68. The fraction of sp³-hybridized carbons (Fsp3) is 0.500. The molecule has 30 heavy (non-hydrogen) atoms. The number of ether oxygens (including phenoxy) is 1. The minimum atomic E-state index is 0.0668. The lowest BCUT2D eigenvalue weighted by Crippen LogP contribution is -2.09. The molecule has 3 aromatic heterocycles. The van der Waals surface area contributed by atoms with Gasteiger partial charge in [-0.1, -0.05) is 18.7 Å². The molecule has 1 aliphatic rings. The topological polar surface area (TPSA) is 70.2 Å². The number of thioether (sulfide) groups is 1. The van der Waals surface area contributed by atoms with Crippen molar-refractivity contribution in [2.24, 2.45) is 5.92 Å². The molecule has 3 aromatic rings. The van der Waals surface area contributed by atoms with Gasteiger partial charge in [-0.2, -0.15) is 0 Å². The van der Waals surface area contributed by atoms with E-state index in [0.29, 0.717) is 17.7 Å². The summed E-state index contributed by atoms with van der Waals surface area (Å²) >= 11 is 3.05. The van der Waals surface area contributed by atoms with Gasteiger partial charge in [-0.15, -0.1) is 21.5 Å². The minimum Gasteiger partial charge on any atom is -0.410 e. The molecular weight excluding hydrogens is 418 g/mol. The molecule has 0 aliphatic heterocycles. The van der Waals surface area contributed by atoms with Crippen LogP contribution in [-0.2, 0) is 24.1 Å². The first-order valence-corrected chi connectivity index (χ1v) is 12.0. The molecule has 1 atom stereocenters. The average Bonchev–Trinajstić information content (AvgIpc) is 3.42. The van der Waals surface area contributed by atoms with Crippen molar-refractivity contribution in [2.75, 3.05) is 19.5 Å². The van der Waals surface area contributed by atoms with Crippen molar-refractivity contribution in [3.8, 4) is 10.8 Å². The van der Waals surface area contributed by atoms with E-state index in [9.17, 15) is 4.79 Å². The van der Waals surface area contributed by atoms with Crippen LogP contribution in [0.2, 0.25) is 0 Å². The summed E-state index contributed by atoms with van der Waals surface area (Å²) < 4.78 is 13.1. The number of aryl methyl sites for hydroxylation is 2. The highest BCUT2D eigenvalue weighted by Gasteiger charge is 2.22. The molecule has 0 N–H and O–H groups in total. The van der Waals surface area contributed by atoms with Crippen LogP contribution in [-0.4, -0.2) is 40.0 Å². The molecule has 0 fully saturated rings. The largest absolute Gasteiger partial charge is 0.410 e. The summed E-state index contributed by atoms with van der Waals surface area (Å²) in [6, 6.07) is 4.14. The molecule has 0 saturated carbocycles. The van der Waals surface area contributed by atoms with Gasteiger partial charge in [0.05, 0.1) is 17.2 Å². The van der Waals surface area contributed by atoms with Gasteiger partial charge in [-0.05, 0) is 56.7 Å². The molecule has 0 bridgehead atoms. The second-order valence-electron chi connectivity index (χ2n) is 7.92. The summed E-state index contributed by atoms with van der Waals surface area (Å²) in [5.74, 6) is 1.62. The van der Waals surface area contributed by atoms with Crippen LogP contribution in [0.5, 0.6) is 0 Å². The molecule has 0 aromatic carbocycles. The van der Waals surface area contributed by atoms with Crippen LogP contribution in [0.3, 0.4) is 0 Å². The van der Waals surface area contributed by atoms with E-state index in [1.165, 1.54) is 28.6 Å². The van der Waals surface area contributed by atoms with Crippen LogP contribution < -0.4 is 0 Å². The van der Waals surface area contributed by atoms with Crippen molar-refractivity contribution in [1.29, 1.82) is 0 Å². The number of carbonyl (C=O) groups excluding carboxylic acids is 1. The highest BCUT2D eigenvalue weighted by atomic mass is 32.2. The zero-order valence-electron chi connectivity index (χ0n) is 17.9. The number of Topliss-reactive ketones (excluding diaryl/α,β-unsaturated/α-hetero) is 1. The summed E-state index contributed by atoms with van der Waals surface area (Å²) in [6.45, 7) is 7.65. The lowest BCUT2D eigenvalue weighted by atomic mass is 9.90. The summed E-state index contributed by atoms with van der Waals surface area (Å²) in [4.78, 5) is 15.2. The molecule has 4 rings (SSSR count). The Balaban J connectivity index is 1.41. The van der Waals surface area contributed by atoms with Crippen LogP contribution in [0, 0.1) is 19.8 Å². The fourth-order valence-corrected chi connectivity index (χ4v) is 5.77. The molecule has 0 radical (unpaired) electrons. The van der Waals surface area contributed by atoms with Gasteiger partial charge in [-0.3, -0.25) is 4.79 Å². The van der Waals surface area contributed by atoms with E-state index >= 15 is 0 Å². The quantitative estimate of drug-likeness (QED) is 0.360. The molecule has 160 valence electrons. The molecule has 0 saturated heterocycles. The van der Waals surface area contributed by atoms with Crippen molar-refractivity contribution >= 4 is 28.9 Å². The van der Waals surface area contributed by atoms with Gasteiger partial charge >= 0.3 is 0 Å². The Morgan fingerprint density at radius 2 is 2.20 bits per heavy atom. The number of carbonyl (C=O) groups is 1. The maximum atomic E-state index is 12.8. The molecule has 0 unspecified atom stereocenters. The van der Waals surface area contributed by atoms with E-state index in [1.54, 1.807) is 18.4 Å². The summed E-state index contributed by atoms with van der Waals surface area (Å²) in [5, 5.41) is 8.79. The number of nitrogens with zero attached hydrogens (tertiary/aromatic N) is 3. The van der Waals surface area contributed by atoms with E-state index < -0.39 is 0 Å². The lowest BCUT2D eigenvalue weighted by Gasteiger charge is -2.16. The molecule has 3 heterocycles. The number of hydrogen-bond donors (Lipinski definition) is 0. The number of ketones is 1. The first kappa shape index (κ1) is 21.3. The van der Waals surface area contributed by atoms with Crippen LogP contribution in [0.15, 0.2) is 21.8 Å².